The van der Waals surface area contributed by atoms with E-state index in [4.69, 9.17) is 4.74 Å². The molecule has 0 saturated carbocycles. The third-order valence-corrected chi connectivity index (χ3v) is 4.78. The fourth-order valence-corrected chi connectivity index (χ4v) is 3.40. The summed E-state index contributed by atoms with van der Waals surface area (Å²) >= 11 is 0. The van der Waals surface area contributed by atoms with Crippen molar-refractivity contribution in [2.75, 3.05) is 21.2 Å². The van der Waals surface area contributed by atoms with E-state index in [-0.39, 0.29) is 5.91 Å². The number of amides is 1. The standard InChI is InChI=1S/C25H28N2O2/c1-27(2)17-19-12-14-20(15-13-19)23-10-6-4-8-21(23)16-26-25(28)24-11-7-5-9-22(24)18-29-3/h4-15H,16-18H2,1-3H3,(H,26,28). The summed E-state index contributed by atoms with van der Waals surface area (Å²) in [5.41, 5.74) is 6.19. The lowest BCUT2D eigenvalue weighted by Gasteiger charge is -2.14. The average Bonchev–Trinajstić information content (AvgIpc) is 2.73. The van der Waals surface area contributed by atoms with Crippen LogP contribution in [0.15, 0.2) is 72.8 Å². The maximum Gasteiger partial charge on any atom is 0.251 e. The minimum Gasteiger partial charge on any atom is -0.380 e. The topological polar surface area (TPSA) is 41.6 Å². The summed E-state index contributed by atoms with van der Waals surface area (Å²) in [6.07, 6.45) is 0. The van der Waals surface area contributed by atoms with Gasteiger partial charge in [0.15, 0.2) is 0 Å². The minimum atomic E-state index is -0.0891. The lowest BCUT2D eigenvalue weighted by molar-refractivity contribution is 0.0946. The van der Waals surface area contributed by atoms with E-state index >= 15 is 0 Å². The molecule has 0 unspecified atom stereocenters. The van der Waals surface area contributed by atoms with Gasteiger partial charge in [0.1, 0.15) is 0 Å². The molecule has 150 valence electrons. The van der Waals surface area contributed by atoms with Gasteiger partial charge in [0.05, 0.1) is 6.61 Å². The van der Waals surface area contributed by atoms with Crippen molar-refractivity contribution in [3.63, 3.8) is 0 Å². The van der Waals surface area contributed by atoms with E-state index in [1.165, 1.54) is 5.56 Å². The van der Waals surface area contributed by atoms with E-state index < -0.39 is 0 Å². The molecular weight excluding hydrogens is 360 g/mol. The maximum atomic E-state index is 12.7. The van der Waals surface area contributed by atoms with Gasteiger partial charge >= 0.3 is 0 Å². The van der Waals surface area contributed by atoms with E-state index in [9.17, 15) is 4.79 Å². The Kier molecular flexibility index (Phi) is 7.17. The van der Waals surface area contributed by atoms with E-state index in [0.29, 0.717) is 18.7 Å². The molecule has 0 spiro atoms. The Bertz CT molecular complexity index is 949. The largest absolute Gasteiger partial charge is 0.380 e. The van der Waals surface area contributed by atoms with Gasteiger partial charge in [-0.05, 0) is 48.0 Å². The van der Waals surface area contributed by atoms with Crippen molar-refractivity contribution in [2.24, 2.45) is 0 Å². The van der Waals surface area contributed by atoms with Crippen LogP contribution in [0.25, 0.3) is 11.1 Å². The van der Waals surface area contributed by atoms with Crippen LogP contribution >= 0.6 is 0 Å². The molecule has 1 N–H and O–H groups in total. The fourth-order valence-electron chi connectivity index (χ4n) is 3.40. The summed E-state index contributed by atoms with van der Waals surface area (Å²) < 4.78 is 5.21. The Labute approximate surface area is 173 Å². The van der Waals surface area contributed by atoms with Crippen molar-refractivity contribution in [2.45, 2.75) is 19.7 Å². The highest BCUT2D eigenvalue weighted by Crippen LogP contribution is 2.24. The number of nitrogens with one attached hydrogen (secondary N) is 1. The van der Waals surface area contributed by atoms with E-state index in [0.717, 1.165) is 28.8 Å². The average molecular weight is 389 g/mol. The Morgan fingerprint density at radius 3 is 2.24 bits per heavy atom. The molecule has 3 aromatic carbocycles. The zero-order valence-electron chi connectivity index (χ0n) is 17.3. The zero-order valence-corrected chi connectivity index (χ0v) is 17.3. The van der Waals surface area contributed by atoms with Gasteiger partial charge in [-0.1, -0.05) is 66.7 Å². The van der Waals surface area contributed by atoms with Gasteiger partial charge in [0.25, 0.3) is 5.91 Å². The molecule has 4 heteroatoms. The van der Waals surface area contributed by atoms with Gasteiger partial charge in [-0.25, -0.2) is 0 Å². The van der Waals surface area contributed by atoms with Crippen molar-refractivity contribution < 1.29 is 9.53 Å². The predicted octanol–water partition coefficient (Wildman–Crippen LogP) is 4.49. The van der Waals surface area contributed by atoms with Gasteiger partial charge in [-0.15, -0.1) is 0 Å². The SMILES string of the molecule is COCc1ccccc1C(=O)NCc1ccccc1-c1ccc(CN(C)C)cc1. The lowest BCUT2D eigenvalue weighted by atomic mass is 9.98. The summed E-state index contributed by atoms with van der Waals surface area (Å²) in [5.74, 6) is -0.0891. The molecule has 0 radical (unpaired) electrons. The van der Waals surface area contributed by atoms with Gasteiger partial charge in [-0.2, -0.15) is 0 Å². The van der Waals surface area contributed by atoms with E-state index in [1.807, 2.05) is 36.4 Å². The molecule has 1 amide bonds. The first-order valence-corrected chi connectivity index (χ1v) is 9.75. The zero-order chi connectivity index (χ0) is 20.6. The minimum absolute atomic E-state index is 0.0891. The fraction of sp³-hybridized carbons (Fsp3) is 0.240. The first-order chi connectivity index (χ1) is 14.1. The molecule has 0 atom stereocenters. The highest BCUT2D eigenvalue weighted by atomic mass is 16.5. The van der Waals surface area contributed by atoms with Crippen LogP contribution in [0, 0.1) is 0 Å². The van der Waals surface area contributed by atoms with Crippen LogP contribution in [-0.2, 0) is 24.4 Å². The summed E-state index contributed by atoms with van der Waals surface area (Å²) in [5, 5.41) is 3.06. The Hall–Kier alpha value is -2.95. The number of ether oxygens (including phenoxy) is 1. The number of carbonyl (C=O) groups is 1. The second kappa shape index (κ2) is 10.0. The first kappa shape index (κ1) is 20.8. The number of hydrogen-bond donors (Lipinski definition) is 1. The number of nitrogens with zero attached hydrogens (tertiary/aromatic N) is 1. The number of carbonyl (C=O) groups excluding carboxylic acids is 1. The van der Waals surface area contributed by atoms with Crippen LogP contribution in [0.4, 0.5) is 0 Å². The van der Waals surface area contributed by atoms with Gasteiger partial charge in [0, 0.05) is 25.8 Å². The number of rotatable bonds is 8. The van der Waals surface area contributed by atoms with Gasteiger partial charge in [-0.3, -0.25) is 4.79 Å². The summed E-state index contributed by atoms with van der Waals surface area (Å²) in [6, 6.07) is 24.3. The summed E-state index contributed by atoms with van der Waals surface area (Å²) in [6.45, 7) is 1.80. The van der Waals surface area contributed by atoms with Crippen LogP contribution in [0.1, 0.15) is 27.0 Å². The molecule has 3 rings (SSSR count). The molecule has 0 aliphatic carbocycles. The maximum absolute atomic E-state index is 12.7. The lowest BCUT2D eigenvalue weighted by Crippen LogP contribution is -2.24. The Morgan fingerprint density at radius 1 is 0.897 bits per heavy atom. The molecule has 29 heavy (non-hydrogen) atoms. The molecule has 3 aromatic rings. The van der Waals surface area contributed by atoms with Crippen LogP contribution in [0.3, 0.4) is 0 Å². The summed E-state index contributed by atoms with van der Waals surface area (Å²) in [7, 11) is 5.77. The van der Waals surface area contributed by atoms with Crippen molar-refractivity contribution in [1.29, 1.82) is 0 Å². The van der Waals surface area contributed by atoms with Crippen molar-refractivity contribution in [3.05, 3.63) is 95.1 Å². The first-order valence-electron chi connectivity index (χ1n) is 9.75. The second-order valence-corrected chi connectivity index (χ2v) is 7.36. The second-order valence-electron chi connectivity index (χ2n) is 7.36. The smallest absolute Gasteiger partial charge is 0.251 e. The third-order valence-electron chi connectivity index (χ3n) is 4.78. The number of methoxy groups -OCH3 is 1. The predicted molar refractivity (Wildman–Crippen MR) is 118 cm³/mol. The van der Waals surface area contributed by atoms with E-state index in [2.05, 4.69) is 60.7 Å². The van der Waals surface area contributed by atoms with Gasteiger partial charge in [0.2, 0.25) is 0 Å². The highest BCUT2D eigenvalue weighted by Gasteiger charge is 2.12. The van der Waals surface area contributed by atoms with Gasteiger partial charge < -0.3 is 15.0 Å². The number of benzene rings is 3. The van der Waals surface area contributed by atoms with E-state index in [1.54, 1.807) is 7.11 Å². The molecule has 0 fully saturated rings. The van der Waals surface area contributed by atoms with Crippen molar-refractivity contribution in [3.8, 4) is 11.1 Å². The van der Waals surface area contributed by atoms with Crippen molar-refractivity contribution >= 4 is 5.91 Å². The van der Waals surface area contributed by atoms with Crippen LogP contribution in [-0.4, -0.2) is 32.0 Å². The molecule has 0 bridgehead atoms. The Balaban J connectivity index is 1.75. The van der Waals surface area contributed by atoms with Crippen LogP contribution in [0.2, 0.25) is 0 Å². The molecule has 0 aromatic heterocycles. The molecular formula is C25H28N2O2. The van der Waals surface area contributed by atoms with Crippen molar-refractivity contribution in [1.82, 2.24) is 10.2 Å². The van der Waals surface area contributed by atoms with Crippen LogP contribution in [0.5, 0.6) is 0 Å². The molecule has 0 aliphatic heterocycles. The van der Waals surface area contributed by atoms with Crippen LogP contribution < -0.4 is 5.32 Å². The highest BCUT2D eigenvalue weighted by molar-refractivity contribution is 5.95. The molecule has 4 nitrogen and oxygen atoms in total. The molecule has 0 heterocycles. The molecule has 0 aliphatic rings. The summed E-state index contributed by atoms with van der Waals surface area (Å²) in [4.78, 5) is 14.9. The number of hydrogen-bond acceptors (Lipinski definition) is 3. The Morgan fingerprint density at radius 2 is 1.55 bits per heavy atom. The normalized spacial score (nSPS) is 10.9. The monoisotopic (exact) mass is 388 g/mol. The molecule has 0 saturated heterocycles. The quantitative estimate of drug-likeness (QED) is 0.618. The third kappa shape index (κ3) is 5.53.